The first kappa shape index (κ1) is 14.8. The Bertz CT molecular complexity index is 573. The zero-order chi connectivity index (χ0) is 14.5. The molecule has 1 heterocycles. The molecule has 0 aliphatic carbocycles. The molecule has 0 saturated heterocycles. The Balaban J connectivity index is 1.92. The summed E-state index contributed by atoms with van der Waals surface area (Å²) in [6, 6.07) is 4.10. The number of rotatable bonds is 5. The minimum Gasteiger partial charge on any atom is -0.302 e. The van der Waals surface area contributed by atoms with Gasteiger partial charge in [-0.25, -0.2) is 4.39 Å². The number of nitrogens with zero attached hydrogens (tertiary/aromatic N) is 2. The number of hydrogen-bond donors (Lipinski definition) is 2. The van der Waals surface area contributed by atoms with E-state index in [1.54, 1.807) is 13.0 Å². The number of hydrogen-bond acceptors (Lipinski definition) is 5. The quantitative estimate of drug-likeness (QED) is 0.890. The second kappa shape index (κ2) is 6.74. The summed E-state index contributed by atoms with van der Waals surface area (Å²) in [6.07, 6.45) is 0. The van der Waals surface area contributed by atoms with Gasteiger partial charge >= 0.3 is 0 Å². The highest BCUT2D eigenvalue weighted by molar-refractivity contribution is 7.13. The van der Waals surface area contributed by atoms with E-state index in [0.717, 1.165) is 0 Å². The minimum atomic E-state index is -0.401. The van der Waals surface area contributed by atoms with Crippen LogP contribution in [0.5, 0.6) is 0 Å². The van der Waals surface area contributed by atoms with Crippen LogP contribution in [0.25, 0.3) is 0 Å². The molecule has 2 aromatic rings. The van der Waals surface area contributed by atoms with Gasteiger partial charge in [0, 0.05) is 16.6 Å². The van der Waals surface area contributed by atoms with Gasteiger partial charge in [-0.3, -0.25) is 10.1 Å². The lowest BCUT2D eigenvalue weighted by Gasteiger charge is -2.15. The zero-order valence-corrected chi connectivity index (χ0v) is 12.1. The van der Waals surface area contributed by atoms with Crippen LogP contribution in [-0.4, -0.2) is 22.6 Å². The summed E-state index contributed by atoms with van der Waals surface area (Å²) in [5.74, 6) is -0.678. The van der Waals surface area contributed by atoms with Crippen molar-refractivity contribution < 1.29 is 9.18 Å². The Morgan fingerprint density at radius 1 is 1.55 bits per heavy atom. The molecule has 1 atom stereocenters. The molecule has 0 fully saturated rings. The Hall–Kier alpha value is -1.57. The van der Waals surface area contributed by atoms with Crippen molar-refractivity contribution in [1.29, 1.82) is 0 Å². The van der Waals surface area contributed by atoms with E-state index >= 15 is 0 Å². The Morgan fingerprint density at radius 2 is 2.35 bits per heavy atom. The second-order valence-electron chi connectivity index (χ2n) is 4.03. The van der Waals surface area contributed by atoms with E-state index in [9.17, 15) is 9.18 Å². The predicted octanol–water partition coefficient (Wildman–Crippen LogP) is 2.62. The largest absolute Gasteiger partial charge is 0.302 e. The van der Waals surface area contributed by atoms with Crippen LogP contribution < -0.4 is 10.6 Å². The van der Waals surface area contributed by atoms with E-state index < -0.39 is 5.82 Å². The molecule has 1 aromatic carbocycles. The lowest BCUT2D eigenvalue weighted by atomic mass is 10.1. The van der Waals surface area contributed by atoms with Crippen LogP contribution >= 0.6 is 22.9 Å². The van der Waals surface area contributed by atoms with Crippen molar-refractivity contribution in [3.05, 3.63) is 40.1 Å². The van der Waals surface area contributed by atoms with E-state index in [1.165, 1.54) is 29.0 Å². The van der Waals surface area contributed by atoms with Crippen LogP contribution in [0, 0.1) is 5.82 Å². The zero-order valence-electron chi connectivity index (χ0n) is 10.6. The van der Waals surface area contributed by atoms with Crippen LogP contribution in [0.1, 0.15) is 18.5 Å². The van der Waals surface area contributed by atoms with E-state index in [4.69, 9.17) is 11.6 Å². The fraction of sp³-hybridized carbons (Fsp3) is 0.250. The first-order valence-electron chi connectivity index (χ1n) is 5.81. The first-order chi connectivity index (χ1) is 9.58. The normalized spacial score (nSPS) is 12.2. The fourth-order valence-corrected chi connectivity index (χ4v) is 2.45. The molecule has 106 valence electrons. The molecule has 1 amide bonds. The molecule has 0 bridgehead atoms. The van der Waals surface area contributed by atoms with E-state index in [0.29, 0.717) is 15.7 Å². The topological polar surface area (TPSA) is 66.9 Å². The predicted molar refractivity (Wildman–Crippen MR) is 76.4 cm³/mol. The third-order valence-electron chi connectivity index (χ3n) is 2.61. The third kappa shape index (κ3) is 3.72. The number of carbonyl (C=O) groups excluding carboxylic acids is 1. The van der Waals surface area contributed by atoms with Crippen molar-refractivity contribution in [2.45, 2.75) is 13.0 Å². The standard InChI is InChI=1S/C12H12ClFN4OS/c1-7(11-8(13)3-2-4-9(11)14)15-5-10(19)17-12-18-16-6-20-12/h2-4,6-7,15H,5H2,1H3,(H,17,18,19)/t7-/m1/s1. The summed E-state index contributed by atoms with van der Waals surface area (Å²) in [4.78, 5) is 11.7. The van der Waals surface area contributed by atoms with Gasteiger partial charge in [-0.15, -0.1) is 10.2 Å². The van der Waals surface area contributed by atoms with E-state index in [-0.39, 0.29) is 18.5 Å². The van der Waals surface area contributed by atoms with Crippen LogP contribution in [-0.2, 0) is 4.79 Å². The lowest BCUT2D eigenvalue weighted by molar-refractivity contribution is -0.115. The van der Waals surface area contributed by atoms with Crippen molar-refractivity contribution in [3.8, 4) is 0 Å². The molecule has 0 spiro atoms. The van der Waals surface area contributed by atoms with Gasteiger partial charge in [0.2, 0.25) is 11.0 Å². The highest BCUT2D eigenvalue weighted by Gasteiger charge is 2.15. The molecular weight excluding hydrogens is 303 g/mol. The first-order valence-corrected chi connectivity index (χ1v) is 7.07. The van der Waals surface area contributed by atoms with E-state index in [1.807, 2.05) is 0 Å². The van der Waals surface area contributed by atoms with Crippen molar-refractivity contribution in [2.24, 2.45) is 0 Å². The van der Waals surface area contributed by atoms with Gasteiger partial charge in [-0.2, -0.15) is 0 Å². The van der Waals surface area contributed by atoms with Gasteiger partial charge in [0.25, 0.3) is 0 Å². The van der Waals surface area contributed by atoms with Gasteiger partial charge in [0.1, 0.15) is 11.3 Å². The maximum atomic E-state index is 13.7. The lowest BCUT2D eigenvalue weighted by Crippen LogP contribution is -2.30. The van der Waals surface area contributed by atoms with Gasteiger partial charge in [0.05, 0.1) is 6.54 Å². The molecule has 1 aromatic heterocycles. The molecule has 0 aliphatic heterocycles. The van der Waals surface area contributed by atoms with Gasteiger partial charge in [-0.05, 0) is 19.1 Å². The maximum absolute atomic E-state index is 13.7. The number of anilines is 1. The summed E-state index contributed by atoms with van der Waals surface area (Å²) >= 11 is 7.18. The van der Waals surface area contributed by atoms with Gasteiger partial charge in [0.15, 0.2) is 0 Å². The Morgan fingerprint density at radius 3 is 3.00 bits per heavy atom. The smallest absolute Gasteiger partial charge is 0.240 e. The number of aromatic nitrogens is 2. The van der Waals surface area contributed by atoms with Crippen LogP contribution in [0.3, 0.4) is 0 Å². The van der Waals surface area contributed by atoms with Crippen LogP contribution in [0.2, 0.25) is 5.02 Å². The molecule has 2 rings (SSSR count). The number of nitrogens with one attached hydrogen (secondary N) is 2. The Kier molecular flexibility index (Phi) is 4.99. The summed E-state index contributed by atoms with van der Waals surface area (Å²) in [5.41, 5.74) is 1.86. The number of halogens is 2. The molecular formula is C12H12ClFN4OS. The van der Waals surface area contributed by atoms with Crippen molar-refractivity contribution in [1.82, 2.24) is 15.5 Å². The second-order valence-corrected chi connectivity index (χ2v) is 5.27. The number of amides is 1. The molecule has 5 nitrogen and oxygen atoms in total. The molecule has 0 unspecified atom stereocenters. The highest BCUT2D eigenvalue weighted by Crippen LogP contribution is 2.25. The summed E-state index contributed by atoms with van der Waals surface area (Å²) in [7, 11) is 0. The maximum Gasteiger partial charge on any atom is 0.240 e. The summed E-state index contributed by atoms with van der Waals surface area (Å²) in [6.45, 7) is 1.76. The fourth-order valence-electron chi connectivity index (χ4n) is 1.66. The molecule has 20 heavy (non-hydrogen) atoms. The van der Waals surface area contributed by atoms with Crippen molar-refractivity contribution in [2.75, 3.05) is 11.9 Å². The monoisotopic (exact) mass is 314 g/mol. The van der Waals surface area contributed by atoms with Crippen molar-refractivity contribution in [3.63, 3.8) is 0 Å². The van der Waals surface area contributed by atoms with E-state index in [2.05, 4.69) is 20.8 Å². The molecule has 8 heteroatoms. The summed E-state index contributed by atoms with van der Waals surface area (Å²) < 4.78 is 13.7. The van der Waals surface area contributed by atoms with Crippen molar-refractivity contribution >= 4 is 34.0 Å². The average Bonchev–Trinajstić information content (AvgIpc) is 2.89. The van der Waals surface area contributed by atoms with Crippen LogP contribution in [0.4, 0.5) is 9.52 Å². The summed E-state index contributed by atoms with van der Waals surface area (Å²) in [5, 5.41) is 13.5. The Labute approximate surface area is 124 Å². The SMILES string of the molecule is C[C@@H](NCC(=O)Nc1nncs1)c1c(F)cccc1Cl. The highest BCUT2D eigenvalue weighted by atomic mass is 35.5. The van der Waals surface area contributed by atoms with Gasteiger partial charge < -0.3 is 5.32 Å². The molecule has 0 saturated carbocycles. The molecule has 0 radical (unpaired) electrons. The average molecular weight is 315 g/mol. The van der Waals surface area contributed by atoms with Crippen LogP contribution in [0.15, 0.2) is 23.7 Å². The third-order valence-corrected chi connectivity index (χ3v) is 3.54. The molecule has 2 N–H and O–H groups in total. The number of benzene rings is 1. The van der Waals surface area contributed by atoms with Gasteiger partial charge in [-0.1, -0.05) is 29.0 Å². The molecule has 0 aliphatic rings. The number of carbonyl (C=O) groups is 1. The minimum absolute atomic E-state index is 0.0193.